The Labute approximate surface area is 99.3 Å². The normalized spacial score (nSPS) is 10.8. The van der Waals surface area contributed by atoms with E-state index in [-0.39, 0.29) is 5.82 Å². The van der Waals surface area contributed by atoms with Gasteiger partial charge in [0.1, 0.15) is 6.20 Å². The fraction of sp³-hybridized carbons (Fsp3) is 0. The van der Waals surface area contributed by atoms with Crippen molar-refractivity contribution < 1.29 is 4.92 Å². The largest absolute Gasteiger partial charge is 0.381 e. The molecule has 0 bridgehead atoms. The molecule has 3 heterocycles. The molecule has 0 aliphatic heterocycles. The van der Waals surface area contributed by atoms with E-state index in [9.17, 15) is 10.1 Å². The molecule has 7 heteroatoms. The Balaban J connectivity index is 2.19. The topological polar surface area (TPSA) is 73.8 Å². The molecule has 0 aromatic carbocycles. The van der Waals surface area contributed by atoms with E-state index in [2.05, 4.69) is 9.97 Å². The van der Waals surface area contributed by atoms with E-state index < -0.39 is 4.92 Å². The first kappa shape index (κ1) is 9.91. The van der Waals surface area contributed by atoms with Crippen LogP contribution in [0.15, 0.2) is 36.2 Å². The summed E-state index contributed by atoms with van der Waals surface area (Å²) in [4.78, 5) is 18.0. The molecule has 0 atom stereocenters. The summed E-state index contributed by atoms with van der Waals surface area (Å²) >= 11 is 1.55. The van der Waals surface area contributed by atoms with Gasteiger partial charge in [-0.3, -0.25) is 9.55 Å². The third-order valence-corrected chi connectivity index (χ3v) is 3.28. The van der Waals surface area contributed by atoms with Crippen LogP contribution in [0, 0.1) is 10.1 Å². The van der Waals surface area contributed by atoms with Crippen LogP contribution in [0.25, 0.3) is 15.9 Å². The summed E-state index contributed by atoms with van der Waals surface area (Å²) < 4.78 is 2.62. The van der Waals surface area contributed by atoms with Crippen LogP contribution in [0.3, 0.4) is 0 Å². The highest BCUT2D eigenvalue weighted by molar-refractivity contribution is 7.17. The Bertz CT molecular complexity index is 703. The maximum Gasteiger partial charge on any atom is 0.381 e. The van der Waals surface area contributed by atoms with Crippen molar-refractivity contribution in [3.05, 3.63) is 46.3 Å². The molecule has 0 aliphatic carbocycles. The summed E-state index contributed by atoms with van der Waals surface area (Å²) in [6.07, 6.45) is 4.51. The smallest absolute Gasteiger partial charge is 0.358 e. The second-order valence-electron chi connectivity index (χ2n) is 3.36. The van der Waals surface area contributed by atoms with Crippen molar-refractivity contribution >= 4 is 27.4 Å². The van der Waals surface area contributed by atoms with Crippen molar-refractivity contribution in [2.24, 2.45) is 0 Å². The molecular formula is C10H6N4O2S. The highest BCUT2D eigenvalue weighted by Crippen LogP contribution is 2.26. The van der Waals surface area contributed by atoms with Crippen LogP contribution in [0.5, 0.6) is 0 Å². The van der Waals surface area contributed by atoms with Gasteiger partial charge in [0.15, 0.2) is 0 Å². The molecule has 3 aromatic heterocycles. The van der Waals surface area contributed by atoms with E-state index in [1.165, 1.54) is 12.5 Å². The zero-order valence-electron chi connectivity index (χ0n) is 8.48. The van der Waals surface area contributed by atoms with Gasteiger partial charge in [-0.1, -0.05) is 0 Å². The van der Waals surface area contributed by atoms with E-state index in [4.69, 9.17) is 0 Å². The third-order valence-electron chi connectivity index (χ3n) is 2.36. The lowest BCUT2D eigenvalue weighted by Crippen LogP contribution is -1.91. The minimum atomic E-state index is -0.511. The lowest BCUT2D eigenvalue weighted by Gasteiger charge is -2.00. The predicted octanol–water partition coefficient (Wildman–Crippen LogP) is 2.39. The number of pyridine rings is 1. The molecule has 3 aromatic rings. The van der Waals surface area contributed by atoms with Gasteiger partial charge in [0.05, 0.1) is 15.9 Å². The summed E-state index contributed by atoms with van der Waals surface area (Å²) in [5.41, 5.74) is 1.73. The number of imidazole rings is 1. The van der Waals surface area contributed by atoms with Crippen molar-refractivity contribution in [3.63, 3.8) is 0 Å². The van der Waals surface area contributed by atoms with Gasteiger partial charge in [-0.15, -0.1) is 11.3 Å². The highest BCUT2D eigenvalue weighted by atomic mass is 32.1. The van der Waals surface area contributed by atoms with Crippen LogP contribution in [-0.2, 0) is 0 Å². The van der Waals surface area contributed by atoms with Crippen LogP contribution < -0.4 is 0 Å². The van der Waals surface area contributed by atoms with Crippen molar-refractivity contribution in [1.29, 1.82) is 0 Å². The molecule has 0 saturated heterocycles. The average Bonchev–Trinajstić information content (AvgIpc) is 2.97. The molecule has 0 N–H and O–H groups in total. The van der Waals surface area contributed by atoms with Gasteiger partial charge in [0.25, 0.3) is 0 Å². The van der Waals surface area contributed by atoms with E-state index in [0.29, 0.717) is 0 Å². The van der Waals surface area contributed by atoms with E-state index >= 15 is 0 Å². The van der Waals surface area contributed by atoms with Gasteiger partial charge in [0.2, 0.25) is 6.33 Å². The maximum absolute atomic E-state index is 10.6. The summed E-state index contributed by atoms with van der Waals surface area (Å²) in [7, 11) is 0. The van der Waals surface area contributed by atoms with Gasteiger partial charge in [-0.2, -0.15) is 0 Å². The van der Waals surface area contributed by atoms with Crippen molar-refractivity contribution in [1.82, 2.24) is 14.5 Å². The molecule has 0 unspecified atom stereocenters. The molecule has 84 valence electrons. The molecule has 0 radical (unpaired) electrons. The first-order valence-electron chi connectivity index (χ1n) is 4.76. The standard InChI is InChI=1S/C10H6N4O2S/c15-14(16)9-5-13(6-12-9)8-1-3-11-7-2-4-17-10(7)8/h1-6H. The van der Waals surface area contributed by atoms with Gasteiger partial charge < -0.3 is 10.1 Å². The summed E-state index contributed by atoms with van der Waals surface area (Å²) in [6.45, 7) is 0. The van der Waals surface area contributed by atoms with Crippen LogP contribution in [0.2, 0.25) is 0 Å². The number of nitrogens with zero attached hydrogens (tertiary/aromatic N) is 4. The van der Waals surface area contributed by atoms with Gasteiger partial charge in [-0.25, -0.2) is 0 Å². The second kappa shape index (κ2) is 3.63. The minimum absolute atomic E-state index is 0.161. The zero-order valence-corrected chi connectivity index (χ0v) is 9.29. The first-order chi connectivity index (χ1) is 8.25. The van der Waals surface area contributed by atoms with E-state index in [1.54, 1.807) is 22.1 Å². The van der Waals surface area contributed by atoms with Gasteiger partial charge in [0, 0.05) is 6.20 Å². The van der Waals surface area contributed by atoms with E-state index in [0.717, 1.165) is 15.9 Å². The molecule has 0 amide bonds. The molecule has 0 saturated carbocycles. The number of aromatic nitrogens is 3. The monoisotopic (exact) mass is 246 g/mol. The van der Waals surface area contributed by atoms with Crippen molar-refractivity contribution in [3.8, 4) is 5.69 Å². The molecule has 0 aliphatic rings. The highest BCUT2D eigenvalue weighted by Gasteiger charge is 2.13. The van der Waals surface area contributed by atoms with Gasteiger partial charge in [-0.05, 0) is 27.4 Å². The number of rotatable bonds is 2. The Morgan fingerprint density at radius 3 is 3.00 bits per heavy atom. The Hall–Kier alpha value is -2.28. The summed E-state index contributed by atoms with van der Waals surface area (Å²) in [5, 5.41) is 12.5. The lowest BCUT2D eigenvalue weighted by atomic mass is 10.3. The summed E-state index contributed by atoms with van der Waals surface area (Å²) in [6, 6.07) is 3.72. The Kier molecular flexibility index (Phi) is 2.12. The van der Waals surface area contributed by atoms with Gasteiger partial charge >= 0.3 is 5.82 Å². The predicted molar refractivity (Wildman–Crippen MR) is 63.4 cm³/mol. The Morgan fingerprint density at radius 2 is 2.24 bits per heavy atom. The lowest BCUT2D eigenvalue weighted by molar-refractivity contribution is -0.389. The van der Waals surface area contributed by atoms with Crippen molar-refractivity contribution in [2.75, 3.05) is 0 Å². The third kappa shape index (κ3) is 1.56. The molecule has 3 rings (SSSR count). The Morgan fingerprint density at radius 1 is 1.35 bits per heavy atom. The van der Waals surface area contributed by atoms with Crippen molar-refractivity contribution in [2.45, 2.75) is 0 Å². The number of fused-ring (bicyclic) bond motifs is 1. The quantitative estimate of drug-likeness (QED) is 0.514. The first-order valence-corrected chi connectivity index (χ1v) is 5.64. The molecular weight excluding hydrogens is 240 g/mol. The number of nitro groups is 1. The number of hydrogen-bond acceptors (Lipinski definition) is 5. The average molecular weight is 246 g/mol. The zero-order chi connectivity index (χ0) is 11.8. The molecule has 0 spiro atoms. The molecule has 17 heavy (non-hydrogen) atoms. The summed E-state index contributed by atoms with van der Waals surface area (Å²) in [5.74, 6) is -0.161. The SMILES string of the molecule is O=[N+]([O-])c1cn(-c2ccnc3ccsc23)cn1. The van der Waals surface area contributed by atoms with Crippen LogP contribution in [0.4, 0.5) is 5.82 Å². The fourth-order valence-electron chi connectivity index (χ4n) is 1.60. The number of hydrogen-bond donors (Lipinski definition) is 0. The molecule has 6 nitrogen and oxygen atoms in total. The number of thiophene rings is 1. The second-order valence-corrected chi connectivity index (χ2v) is 4.28. The maximum atomic E-state index is 10.6. The van der Waals surface area contributed by atoms with Crippen LogP contribution in [-0.4, -0.2) is 19.5 Å². The van der Waals surface area contributed by atoms with E-state index in [1.807, 2.05) is 17.5 Å². The minimum Gasteiger partial charge on any atom is -0.358 e. The molecule has 0 fully saturated rings. The van der Waals surface area contributed by atoms with Crippen LogP contribution in [0.1, 0.15) is 0 Å². The fourth-order valence-corrected chi connectivity index (χ4v) is 2.47. The van der Waals surface area contributed by atoms with Crippen LogP contribution >= 0.6 is 11.3 Å².